The Labute approximate surface area is 165 Å². The summed E-state index contributed by atoms with van der Waals surface area (Å²) in [6.07, 6.45) is 7.75. The molecule has 1 fully saturated rings. The van der Waals surface area contributed by atoms with Gasteiger partial charge in [-0.05, 0) is 37.1 Å². The Bertz CT molecular complexity index is 1130. The van der Waals surface area contributed by atoms with Crippen LogP contribution in [0.25, 0.3) is 22.7 Å². The van der Waals surface area contributed by atoms with Gasteiger partial charge < -0.3 is 14.8 Å². The summed E-state index contributed by atoms with van der Waals surface area (Å²) >= 11 is 0. The fourth-order valence-corrected chi connectivity index (χ4v) is 3.32. The van der Waals surface area contributed by atoms with E-state index in [0.29, 0.717) is 35.7 Å². The van der Waals surface area contributed by atoms with Gasteiger partial charge in [0.15, 0.2) is 5.76 Å². The van der Waals surface area contributed by atoms with Crippen LogP contribution in [0.2, 0.25) is 0 Å². The quantitative estimate of drug-likeness (QED) is 0.482. The van der Waals surface area contributed by atoms with Crippen LogP contribution in [-0.4, -0.2) is 42.1 Å². The topological polar surface area (TPSA) is 122 Å². The molecule has 3 N–H and O–H groups in total. The van der Waals surface area contributed by atoms with E-state index in [1.807, 2.05) is 18.2 Å². The lowest BCUT2D eigenvalue weighted by Crippen LogP contribution is -2.31. The number of nitrogens with zero attached hydrogens (tertiary/aromatic N) is 4. The highest BCUT2D eigenvalue weighted by Gasteiger charge is 2.30. The molecule has 0 spiro atoms. The molecule has 0 aliphatic heterocycles. The van der Waals surface area contributed by atoms with Crippen molar-refractivity contribution in [1.29, 1.82) is 0 Å². The number of hydrogen-bond acceptors (Lipinski definition) is 6. The van der Waals surface area contributed by atoms with E-state index >= 15 is 0 Å². The van der Waals surface area contributed by atoms with E-state index in [-0.39, 0.29) is 23.8 Å². The van der Waals surface area contributed by atoms with Crippen molar-refractivity contribution in [1.82, 2.24) is 25.0 Å². The van der Waals surface area contributed by atoms with Crippen molar-refractivity contribution >= 4 is 11.6 Å². The molecular formula is C20H18N6O3. The van der Waals surface area contributed by atoms with Gasteiger partial charge in [0.25, 0.3) is 5.91 Å². The highest BCUT2D eigenvalue weighted by molar-refractivity contribution is 6.04. The molecule has 1 aliphatic carbocycles. The van der Waals surface area contributed by atoms with Gasteiger partial charge in [-0.2, -0.15) is 10.2 Å². The Morgan fingerprint density at radius 1 is 1.28 bits per heavy atom. The lowest BCUT2D eigenvalue weighted by Gasteiger charge is -2.31. The number of amides is 1. The number of aliphatic hydroxyl groups is 1. The lowest BCUT2D eigenvalue weighted by atomic mass is 9.90. The summed E-state index contributed by atoms with van der Waals surface area (Å²) in [6.45, 7) is 0. The molecule has 9 heteroatoms. The molecule has 0 saturated heterocycles. The van der Waals surface area contributed by atoms with Crippen LogP contribution in [0.5, 0.6) is 0 Å². The van der Waals surface area contributed by atoms with E-state index in [9.17, 15) is 9.90 Å². The fraction of sp³-hybridized carbons (Fsp3) is 0.200. The lowest BCUT2D eigenvalue weighted by molar-refractivity contribution is 0.0435. The number of aromatic nitrogens is 5. The number of H-pyrrole nitrogens is 1. The molecule has 4 heterocycles. The van der Waals surface area contributed by atoms with Crippen LogP contribution in [0.15, 0.2) is 59.5 Å². The number of aromatic amines is 1. The molecule has 29 heavy (non-hydrogen) atoms. The van der Waals surface area contributed by atoms with Crippen molar-refractivity contribution in [2.45, 2.75) is 25.0 Å². The molecule has 1 aliphatic rings. The van der Waals surface area contributed by atoms with E-state index < -0.39 is 0 Å². The Morgan fingerprint density at radius 2 is 2.17 bits per heavy atom. The monoisotopic (exact) mass is 390 g/mol. The second-order valence-electron chi connectivity index (χ2n) is 6.97. The first-order valence-electron chi connectivity index (χ1n) is 9.26. The van der Waals surface area contributed by atoms with E-state index in [4.69, 9.17) is 4.42 Å². The van der Waals surface area contributed by atoms with Crippen molar-refractivity contribution in [3.63, 3.8) is 0 Å². The third-order valence-electron chi connectivity index (χ3n) is 4.96. The van der Waals surface area contributed by atoms with Crippen LogP contribution in [-0.2, 0) is 0 Å². The van der Waals surface area contributed by atoms with Crippen molar-refractivity contribution in [2.75, 3.05) is 5.32 Å². The maximum absolute atomic E-state index is 12.8. The summed E-state index contributed by atoms with van der Waals surface area (Å²) in [5, 5.41) is 23.7. The maximum atomic E-state index is 12.8. The first kappa shape index (κ1) is 17.4. The Morgan fingerprint density at radius 3 is 2.90 bits per heavy atom. The molecule has 4 aromatic rings. The predicted molar refractivity (Wildman–Crippen MR) is 104 cm³/mol. The minimum Gasteiger partial charge on any atom is -0.451 e. The number of hydrogen-bond donors (Lipinski definition) is 3. The summed E-state index contributed by atoms with van der Waals surface area (Å²) < 4.78 is 7.44. The van der Waals surface area contributed by atoms with Crippen LogP contribution in [0.1, 0.15) is 29.4 Å². The molecule has 0 bridgehead atoms. The Kier molecular flexibility index (Phi) is 4.21. The molecule has 5 rings (SSSR count). The molecule has 0 atom stereocenters. The van der Waals surface area contributed by atoms with Crippen LogP contribution in [0.3, 0.4) is 0 Å². The molecular weight excluding hydrogens is 372 g/mol. The molecule has 146 valence electrons. The SMILES string of the molecule is O=C(Nc1cn(C2CC(O)C2)nc1-c1ccccn1)c1ccc(-c2cn[nH]c2)o1. The Hall–Kier alpha value is -3.72. The first-order chi connectivity index (χ1) is 14.2. The van der Waals surface area contributed by atoms with Crippen molar-refractivity contribution in [3.05, 3.63) is 60.9 Å². The van der Waals surface area contributed by atoms with Crippen molar-refractivity contribution in [3.8, 4) is 22.7 Å². The number of aliphatic hydroxyl groups excluding tert-OH is 1. The standard InChI is InChI=1S/C20H18N6O3/c27-14-7-13(8-14)26-11-16(19(25-26)15-3-1-2-6-21-15)24-20(28)18-5-4-17(29-18)12-9-22-23-10-12/h1-6,9-11,13-14,27H,7-8H2,(H,22,23)(H,24,28). The zero-order valence-electron chi connectivity index (χ0n) is 15.3. The van der Waals surface area contributed by atoms with Gasteiger partial charge in [0.05, 0.1) is 35.3 Å². The molecule has 1 amide bonds. The third-order valence-corrected chi connectivity index (χ3v) is 4.96. The third kappa shape index (κ3) is 3.32. The number of nitrogens with one attached hydrogen (secondary N) is 2. The number of anilines is 1. The largest absolute Gasteiger partial charge is 0.451 e. The second-order valence-corrected chi connectivity index (χ2v) is 6.97. The summed E-state index contributed by atoms with van der Waals surface area (Å²) in [5.41, 5.74) is 2.52. The van der Waals surface area contributed by atoms with Crippen LogP contribution < -0.4 is 5.32 Å². The van der Waals surface area contributed by atoms with Gasteiger partial charge in [-0.15, -0.1) is 0 Å². The van der Waals surface area contributed by atoms with Crippen LogP contribution >= 0.6 is 0 Å². The van der Waals surface area contributed by atoms with Crippen molar-refractivity contribution < 1.29 is 14.3 Å². The average molecular weight is 390 g/mol. The molecule has 0 unspecified atom stereocenters. The highest BCUT2D eigenvalue weighted by atomic mass is 16.4. The zero-order valence-corrected chi connectivity index (χ0v) is 15.3. The van der Waals surface area contributed by atoms with Gasteiger partial charge in [-0.3, -0.25) is 19.6 Å². The summed E-state index contributed by atoms with van der Waals surface area (Å²) in [4.78, 5) is 17.1. The van der Waals surface area contributed by atoms with Crippen LogP contribution in [0, 0.1) is 0 Å². The fourth-order valence-electron chi connectivity index (χ4n) is 3.32. The number of carbonyl (C=O) groups is 1. The molecule has 9 nitrogen and oxygen atoms in total. The molecule has 4 aromatic heterocycles. The van der Waals surface area contributed by atoms with Gasteiger partial charge in [-0.25, -0.2) is 0 Å². The van der Waals surface area contributed by atoms with Gasteiger partial charge >= 0.3 is 0 Å². The highest BCUT2D eigenvalue weighted by Crippen LogP contribution is 2.35. The number of carbonyl (C=O) groups excluding carboxylic acids is 1. The molecule has 0 aromatic carbocycles. The minimum absolute atomic E-state index is 0.106. The average Bonchev–Trinajstić information content (AvgIpc) is 3.45. The van der Waals surface area contributed by atoms with Gasteiger partial charge in [0, 0.05) is 18.6 Å². The molecule has 0 radical (unpaired) electrons. The minimum atomic E-state index is -0.384. The van der Waals surface area contributed by atoms with Gasteiger partial charge in [0.2, 0.25) is 0 Å². The van der Waals surface area contributed by atoms with Crippen molar-refractivity contribution in [2.24, 2.45) is 0 Å². The summed E-state index contributed by atoms with van der Waals surface area (Å²) in [7, 11) is 0. The molecule has 1 saturated carbocycles. The van der Waals surface area contributed by atoms with E-state index in [0.717, 1.165) is 5.56 Å². The van der Waals surface area contributed by atoms with Gasteiger partial charge in [0.1, 0.15) is 11.5 Å². The van der Waals surface area contributed by atoms with E-state index in [1.165, 1.54) is 0 Å². The van der Waals surface area contributed by atoms with Crippen LogP contribution in [0.4, 0.5) is 5.69 Å². The van der Waals surface area contributed by atoms with E-state index in [1.54, 1.807) is 41.6 Å². The number of pyridine rings is 1. The number of furan rings is 1. The first-order valence-corrected chi connectivity index (χ1v) is 9.26. The normalized spacial score (nSPS) is 18.4. The predicted octanol–water partition coefficient (Wildman–Crippen LogP) is 2.88. The number of rotatable bonds is 5. The Balaban J connectivity index is 1.43. The van der Waals surface area contributed by atoms with E-state index in [2.05, 4.69) is 25.6 Å². The maximum Gasteiger partial charge on any atom is 0.291 e. The smallest absolute Gasteiger partial charge is 0.291 e. The summed E-state index contributed by atoms with van der Waals surface area (Å²) in [6, 6.07) is 8.96. The second kappa shape index (κ2) is 7.02. The van der Waals surface area contributed by atoms with Gasteiger partial charge in [-0.1, -0.05) is 6.07 Å². The zero-order chi connectivity index (χ0) is 19.8. The summed E-state index contributed by atoms with van der Waals surface area (Å²) in [5.74, 6) is 0.345.